The van der Waals surface area contributed by atoms with Gasteiger partial charge < -0.3 is 29.5 Å². The summed E-state index contributed by atoms with van der Waals surface area (Å²) in [5.41, 5.74) is 8.33. The Labute approximate surface area is 245 Å². The number of nitrogens with one attached hydrogen (secondary N) is 1. The second kappa shape index (κ2) is 11.0. The van der Waals surface area contributed by atoms with Crippen molar-refractivity contribution in [1.29, 1.82) is 0 Å². The summed E-state index contributed by atoms with van der Waals surface area (Å²) in [6.45, 7) is 9.38. The van der Waals surface area contributed by atoms with Gasteiger partial charge in [-0.2, -0.15) is 0 Å². The van der Waals surface area contributed by atoms with Crippen LogP contribution in [0.4, 0.5) is 11.4 Å². The molecule has 2 fully saturated rings. The number of morpholine rings is 1. The minimum absolute atomic E-state index is 0.172. The molecule has 0 radical (unpaired) electrons. The van der Waals surface area contributed by atoms with Gasteiger partial charge in [-0.15, -0.1) is 0 Å². The summed E-state index contributed by atoms with van der Waals surface area (Å²) in [7, 11) is 0. The number of carbonyl (C=O) groups is 1. The van der Waals surface area contributed by atoms with Crippen molar-refractivity contribution in [3.05, 3.63) is 107 Å². The third kappa shape index (κ3) is 4.96. The zero-order valence-corrected chi connectivity index (χ0v) is 24.2. The molecule has 41 heavy (non-hydrogen) atoms. The largest absolute Gasteiger partial charge is 0.478 e. The first-order chi connectivity index (χ1) is 19.8. The average molecular weight is 568 g/mol. The van der Waals surface area contributed by atoms with Crippen LogP contribution in [0, 0.1) is 20.8 Å². The number of anilines is 2. The van der Waals surface area contributed by atoms with Crippen LogP contribution < -0.4 is 15.1 Å². The fourth-order valence-electron chi connectivity index (χ4n) is 6.04. The molecule has 0 saturated carbocycles. The Balaban J connectivity index is 1.45. The molecule has 0 unspecified atom stereocenters. The van der Waals surface area contributed by atoms with Crippen molar-refractivity contribution < 1.29 is 14.6 Å². The van der Waals surface area contributed by atoms with Crippen LogP contribution in [0.1, 0.15) is 50.7 Å². The number of carboxylic acids is 1. The number of aromatic nitrogens is 2. The molecule has 4 heterocycles. The van der Waals surface area contributed by atoms with Gasteiger partial charge in [0.1, 0.15) is 0 Å². The van der Waals surface area contributed by atoms with Crippen molar-refractivity contribution in [1.82, 2.24) is 14.9 Å². The van der Waals surface area contributed by atoms with Crippen LogP contribution in [0.3, 0.4) is 0 Å². The third-order valence-corrected chi connectivity index (χ3v) is 8.40. The van der Waals surface area contributed by atoms with Gasteiger partial charge in [0.25, 0.3) is 0 Å². The van der Waals surface area contributed by atoms with E-state index < -0.39 is 5.97 Å². The molecule has 2 aliphatic rings. The molecule has 0 amide bonds. The number of pyridine rings is 1. The Morgan fingerprint density at radius 3 is 2.41 bits per heavy atom. The Morgan fingerprint density at radius 2 is 1.73 bits per heavy atom. The second-order valence-corrected chi connectivity index (χ2v) is 11.0. The van der Waals surface area contributed by atoms with Crippen LogP contribution in [-0.4, -0.2) is 52.0 Å². The lowest BCUT2D eigenvalue weighted by atomic mass is 9.96. The van der Waals surface area contributed by atoms with Crippen LogP contribution >= 0.6 is 12.2 Å². The number of thiocarbonyl (C=S) groups is 1. The van der Waals surface area contributed by atoms with Crippen LogP contribution in [0.25, 0.3) is 5.69 Å². The van der Waals surface area contributed by atoms with Gasteiger partial charge in [0, 0.05) is 47.7 Å². The van der Waals surface area contributed by atoms with Crippen LogP contribution in [0.5, 0.6) is 0 Å². The Morgan fingerprint density at radius 1 is 1.00 bits per heavy atom. The van der Waals surface area contributed by atoms with Crippen molar-refractivity contribution in [3.8, 4) is 5.69 Å². The van der Waals surface area contributed by atoms with Crippen molar-refractivity contribution in [2.45, 2.75) is 32.9 Å². The molecule has 8 nitrogen and oxygen atoms in total. The van der Waals surface area contributed by atoms with Crippen LogP contribution in [0.2, 0.25) is 0 Å². The second-order valence-electron chi connectivity index (χ2n) is 10.6. The van der Waals surface area contributed by atoms with E-state index in [0.717, 1.165) is 65.9 Å². The SMILES string of the molecule is Cc1ccc(C(=O)O)cc1-n1c(C)cc([C@@H]2[C@@H](c3ccccn3)NC(=S)N2c2ccc(N3CCOCC3)cc2)c1C. The van der Waals surface area contributed by atoms with E-state index in [0.29, 0.717) is 5.11 Å². The number of hydrogen-bond donors (Lipinski definition) is 2. The van der Waals surface area contributed by atoms with Gasteiger partial charge in [0.15, 0.2) is 5.11 Å². The number of ether oxygens (including phenoxy) is 1. The standard InChI is InChI=1S/C32H33N5O3S/c1-20-7-8-23(31(38)39)19-28(20)36-21(2)18-26(22(36)3)30-29(27-6-4-5-13-33-27)34-32(41)37(30)25-11-9-24(10-12-25)35-14-16-40-17-15-35/h4-13,18-19,29-30H,14-17H2,1-3H3,(H,34,41)(H,38,39)/t29-,30-/m1/s1. The predicted molar refractivity (Wildman–Crippen MR) is 164 cm³/mol. The molecule has 2 aliphatic heterocycles. The molecular weight excluding hydrogens is 534 g/mol. The molecule has 2 atom stereocenters. The van der Waals surface area contributed by atoms with Crippen molar-refractivity contribution >= 4 is 34.7 Å². The topological polar surface area (TPSA) is 82.9 Å². The third-order valence-electron chi connectivity index (χ3n) is 8.09. The summed E-state index contributed by atoms with van der Waals surface area (Å²) < 4.78 is 7.67. The molecule has 2 N–H and O–H groups in total. The molecule has 0 spiro atoms. The lowest BCUT2D eigenvalue weighted by Gasteiger charge is -2.31. The number of aromatic carboxylic acids is 1. The van der Waals surface area contributed by atoms with Gasteiger partial charge in [0.2, 0.25) is 0 Å². The lowest BCUT2D eigenvalue weighted by Crippen LogP contribution is -2.36. The maximum Gasteiger partial charge on any atom is 0.335 e. The van der Waals surface area contributed by atoms with E-state index in [1.54, 1.807) is 18.3 Å². The highest BCUT2D eigenvalue weighted by molar-refractivity contribution is 7.80. The summed E-state index contributed by atoms with van der Waals surface area (Å²) >= 11 is 5.97. The Hall–Kier alpha value is -4.21. The van der Waals surface area contributed by atoms with Gasteiger partial charge >= 0.3 is 5.97 Å². The first kappa shape index (κ1) is 27.0. The number of hydrogen-bond acceptors (Lipinski definition) is 5. The molecule has 4 aromatic rings. The van der Waals surface area contributed by atoms with Crippen molar-refractivity contribution in [2.75, 3.05) is 36.1 Å². The van der Waals surface area contributed by atoms with Gasteiger partial charge in [0.05, 0.1) is 36.6 Å². The summed E-state index contributed by atoms with van der Waals surface area (Å²) in [5.74, 6) is -0.943. The van der Waals surface area contributed by atoms with Gasteiger partial charge in [-0.3, -0.25) is 4.98 Å². The van der Waals surface area contributed by atoms with E-state index in [1.165, 1.54) is 5.69 Å². The minimum Gasteiger partial charge on any atom is -0.478 e. The summed E-state index contributed by atoms with van der Waals surface area (Å²) in [5, 5.41) is 13.9. The smallest absolute Gasteiger partial charge is 0.335 e. The molecule has 210 valence electrons. The molecule has 0 bridgehead atoms. The van der Waals surface area contributed by atoms with Crippen LogP contribution in [-0.2, 0) is 4.74 Å². The van der Waals surface area contributed by atoms with E-state index >= 15 is 0 Å². The molecule has 6 rings (SSSR count). The van der Waals surface area contributed by atoms with Gasteiger partial charge in [-0.05, 0) is 98.7 Å². The Bertz CT molecular complexity index is 1600. The molecule has 9 heteroatoms. The molecule has 0 aliphatic carbocycles. The van der Waals surface area contributed by atoms with E-state index in [1.807, 2.05) is 31.2 Å². The fourth-order valence-corrected chi connectivity index (χ4v) is 6.38. The lowest BCUT2D eigenvalue weighted by molar-refractivity contribution is 0.0697. The van der Waals surface area contributed by atoms with E-state index in [2.05, 4.69) is 63.9 Å². The summed E-state index contributed by atoms with van der Waals surface area (Å²) in [4.78, 5) is 21.0. The molecule has 2 saturated heterocycles. The summed E-state index contributed by atoms with van der Waals surface area (Å²) in [6.07, 6.45) is 1.81. The maximum atomic E-state index is 11.8. The van der Waals surface area contributed by atoms with Gasteiger partial charge in [-0.25, -0.2) is 4.79 Å². The highest BCUT2D eigenvalue weighted by Crippen LogP contribution is 2.44. The van der Waals surface area contributed by atoms with E-state index in [9.17, 15) is 9.90 Å². The monoisotopic (exact) mass is 567 g/mol. The average Bonchev–Trinajstić information content (AvgIpc) is 3.48. The fraction of sp³-hybridized carbons (Fsp3) is 0.281. The predicted octanol–water partition coefficient (Wildman–Crippen LogP) is 5.51. The zero-order valence-electron chi connectivity index (χ0n) is 23.4. The number of rotatable bonds is 6. The Kier molecular flexibility index (Phi) is 7.23. The molecule has 2 aromatic heterocycles. The summed E-state index contributed by atoms with van der Waals surface area (Å²) in [6, 6.07) is 21.6. The highest BCUT2D eigenvalue weighted by atomic mass is 32.1. The maximum absolute atomic E-state index is 11.8. The highest BCUT2D eigenvalue weighted by Gasteiger charge is 2.42. The number of nitrogens with zero attached hydrogens (tertiary/aromatic N) is 4. The first-order valence-electron chi connectivity index (χ1n) is 13.8. The van der Waals surface area contributed by atoms with Gasteiger partial charge in [-0.1, -0.05) is 12.1 Å². The zero-order chi connectivity index (χ0) is 28.7. The van der Waals surface area contributed by atoms with Crippen molar-refractivity contribution in [3.63, 3.8) is 0 Å². The number of carboxylic acid groups (broad SMARTS) is 1. The first-order valence-corrected chi connectivity index (χ1v) is 14.2. The quantitative estimate of drug-likeness (QED) is 0.295. The van der Waals surface area contributed by atoms with E-state index in [4.69, 9.17) is 21.9 Å². The normalized spacial score (nSPS) is 19.0. The molecule has 2 aromatic carbocycles. The molecular formula is C32H33N5O3S. The van der Waals surface area contributed by atoms with Crippen molar-refractivity contribution in [2.24, 2.45) is 0 Å². The van der Waals surface area contributed by atoms with Crippen LogP contribution in [0.15, 0.2) is 72.9 Å². The number of aryl methyl sites for hydroxylation is 2. The van der Waals surface area contributed by atoms with E-state index in [-0.39, 0.29) is 17.6 Å². The number of benzene rings is 2. The minimum atomic E-state index is -0.943.